The minimum atomic E-state index is -0.289. The highest BCUT2D eigenvalue weighted by molar-refractivity contribution is 5.14. The lowest BCUT2D eigenvalue weighted by molar-refractivity contribution is 0.511. The standard InChI is InChI=1S/C12H15FN4/c1-14-11(8-9-5-7-17(2)16-9)12-10(13)4-3-6-15-12/h3-7,11,14H,8H2,1-2H3. The van der Waals surface area contributed by atoms with Crippen LogP contribution in [0.2, 0.25) is 0 Å². The molecule has 0 fully saturated rings. The van der Waals surface area contributed by atoms with Crippen LogP contribution in [0, 0.1) is 5.82 Å². The van der Waals surface area contributed by atoms with Gasteiger partial charge < -0.3 is 5.32 Å². The van der Waals surface area contributed by atoms with E-state index in [1.54, 1.807) is 24.0 Å². The maximum absolute atomic E-state index is 13.6. The molecule has 2 aromatic heterocycles. The Kier molecular flexibility index (Phi) is 3.49. The van der Waals surface area contributed by atoms with Crippen molar-refractivity contribution in [3.8, 4) is 0 Å². The second-order valence-corrected chi connectivity index (χ2v) is 3.90. The zero-order valence-electron chi connectivity index (χ0n) is 9.89. The van der Waals surface area contributed by atoms with Gasteiger partial charge in [0.05, 0.1) is 17.4 Å². The van der Waals surface area contributed by atoms with E-state index >= 15 is 0 Å². The highest BCUT2D eigenvalue weighted by Gasteiger charge is 2.16. The van der Waals surface area contributed by atoms with Gasteiger partial charge in [-0.3, -0.25) is 9.67 Å². The van der Waals surface area contributed by atoms with Crippen LogP contribution in [0.4, 0.5) is 4.39 Å². The summed E-state index contributed by atoms with van der Waals surface area (Å²) in [4.78, 5) is 4.08. The van der Waals surface area contributed by atoms with Crippen molar-refractivity contribution < 1.29 is 4.39 Å². The number of likely N-dealkylation sites (N-methyl/N-ethyl adjacent to an activating group) is 1. The molecule has 0 aliphatic carbocycles. The molecule has 0 aliphatic rings. The second-order valence-electron chi connectivity index (χ2n) is 3.90. The second kappa shape index (κ2) is 5.05. The van der Waals surface area contributed by atoms with Crippen LogP contribution in [-0.4, -0.2) is 21.8 Å². The average Bonchev–Trinajstić information content (AvgIpc) is 2.73. The van der Waals surface area contributed by atoms with Crippen molar-refractivity contribution in [1.29, 1.82) is 0 Å². The van der Waals surface area contributed by atoms with Crippen molar-refractivity contribution >= 4 is 0 Å². The van der Waals surface area contributed by atoms with Crippen molar-refractivity contribution in [1.82, 2.24) is 20.1 Å². The summed E-state index contributed by atoms with van der Waals surface area (Å²) in [5.41, 5.74) is 1.34. The number of hydrogen-bond donors (Lipinski definition) is 1. The van der Waals surface area contributed by atoms with Crippen LogP contribution in [0.1, 0.15) is 17.4 Å². The first-order valence-electron chi connectivity index (χ1n) is 5.47. The van der Waals surface area contributed by atoms with Crippen LogP contribution in [0.15, 0.2) is 30.6 Å². The van der Waals surface area contributed by atoms with Crippen LogP contribution < -0.4 is 5.32 Å². The van der Waals surface area contributed by atoms with Crippen molar-refractivity contribution in [2.75, 3.05) is 7.05 Å². The first-order chi connectivity index (χ1) is 8.20. The van der Waals surface area contributed by atoms with E-state index in [0.717, 1.165) is 5.69 Å². The number of rotatable bonds is 4. The molecule has 0 saturated heterocycles. The Hall–Kier alpha value is -1.75. The summed E-state index contributed by atoms with van der Waals surface area (Å²) in [6, 6.07) is 4.77. The lowest BCUT2D eigenvalue weighted by atomic mass is 10.1. The molecule has 0 amide bonds. The summed E-state index contributed by atoms with van der Waals surface area (Å²) in [5.74, 6) is -0.289. The minimum absolute atomic E-state index is 0.161. The van der Waals surface area contributed by atoms with E-state index in [0.29, 0.717) is 12.1 Å². The fraction of sp³-hybridized carbons (Fsp3) is 0.333. The summed E-state index contributed by atoms with van der Waals surface area (Å²) in [6.07, 6.45) is 4.09. The number of aryl methyl sites for hydroxylation is 1. The number of pyridine rings is 1. The predicted octanol–water partition coefficient (Wildman–Crippen LogP) is 1.46. The van der Waals surface area contributed by atoms with Gasteiger partial charge in [0.2, 0.25) is 0 Å². The van der Waals surface area contributed by atoms with Gasteiger partial charge in [0.25, 0.3) is 0 Å². The van der Waals surface area contributed by atoms with Crippen molar-refractivity contribution in [2.24, 2.45) is 7.05 Å². The van der Waals surface area contributed by atoms with Gasteiger partial charge in [-0.15, -0.1) is 0 Å². The molecular weight excluding hydrogens is 219 g/mol. The number of hydrogen-bond acceptors (Lipinski definition) is 3. The molecule has 4 nitrogen and oxygen atoms in total. The molecule has 1 N–H and O–H groups in total. The zero-order valence-corrected chi connectivity index (χ0v) is 9.89. The van der Waals surface area contributed by atoms with E-state index < -0.39 is 0 Å². The van der Waals surface area contributed by atoms with E-state index in [-0.39, 0.29) is 11.9 Å². The Bertz CT molecular complexity index is 495. The van der Waals surface area contributed by atoms with Gasteiger partial charge in [-0.25, -0.2) is 4.39 Å². The quantitative estimate of drug-likeness (QED) is 0.870. The molecule has 5 heteroatoms. The highest BCUT2D eigenvalue weighted by Crippen LogP contribution is 2.17. The number of aromatic nitrogens is 3. The highest BCUT2D eigenvalue weighted by atomic mass is 19.1. The van der Waals surface area contributed by atoms with E-state index in [4.69, 9.17) is 0 Å². The van der Waals surface area contributed by atoms with Crippen LogP contribution >= 0.6 is 0 Å². The maximum Gasteiger partial charge on any atom is 0.146 e. The molecule has 0 aromatic carbocycles. The van der Waals surface area contributed by atoms with Gasteiger partial charge in [-0.2, -0.15) is 5.10 Å². The molecular formula is C12H15FN4. The smallest absolute Gasteiger partial charge is 0.146 e. The van der Waals surface area contributed by atoms with E-state index in [9.17, 15) is 4.39 Å². The molecule has 0 aliphatic heterocycles. The summed E-state index contributed by atoms with van der Waals surface area (Å²) < 4.78 is 15.3. The van der Waals surface area contributed by atoms with E-state index in [1.807, 2.05) is 19.3 Å². The van der Waals surface area contributed by atoms with Gasteiger partial charge >= 0.3 is 0 Å². The molecule has 0 radical (unpaired) electrons. The van der Waals surface area contributed by atoms with E-state index in [2.05, 4.69) is 15.4 Å². The van der Waals surface area contributed by atoms with Crippen LogP contribution in [0.5, 0.6) is 0 Å². The van der Waals surface area contributed by atoms with Crippen molar-refractivity contribution in [2.45, 2.75) is 12.5 Å². The maximum atomic E-state index is 13.6. The molecule has 90 valence electrons. The number of nitrogens with one attached hydrogen (secondary N) is 1. The molecule has 2 aromatic rings. The molecule has 1 atom stereocenters. The average molecular weight is 234 g/mol. The Balaban J connectivity index is 2.20. The van der Waals surface area contributed by atoms with Gasteiger partial charge in [0.1, 0.15) is 5.82 Å². The normalized spacial score (nSPS) is 12.6. The Labute approximate surface area is 99.5 Å². The zero-order chi connectivity index (χ0) is 12.3. The largest absolute Gasteiger partial charge is 0.311 e. The summed E-state index contributed by atoms with van der Waals surface area (Å²) in [6.45, 7) is 0. The van der Waals surface area contributed by atoms with Gasteiger partial charge in [0, 0.05) is 25.9 Å². The Morgan fingerprint density at radius 3 is 2.88 bits per heavy atom. The molecule has 0 bridgehead atoms. The summed E-state index contributed by atoms with van der Waals surface area (Å²) in [7, 11) is 3.65. The third-order valence-corrected chi connectivity index (χ3v) is 2.65. The van der Waals surface area contributed by atoms with Gasteiger partial charge in [-0.1, -0.05) is 0 Å². The van der Waals surface area contributed by atoms with Crippen LogP contribution in [-0.2, 0) is 13.5 Å². The third-order valence-electron chi connectivity index (χ3n) is 2.65. The third kappa shape index (κ3) is 2.68. The fourth-order valence-corrected chi connectivity index (χ4v) is 1.77. The van der Waals surface area contributed by atoms with E-state index in [1.165, 1.54) is 6.07 Å². The first-order valence-corrected chi connectivity index (χ1v) is 5.47. The minimum Gasteiger partial charge on any atom is -0.311 e. The molecule has 2 heterocycles. The lowest BCUT2D eigenvalue weighted by Gasteiger charge is -2.14. The monoisotopic (exact) mass is 234 g/mol. The van der Waals surface area contributed by atoms with Crippen molar-refractivity contribution in [3.05, 3.63) is 47.8 Å². The van der Waals surface area contributed by atoms with Gasteiger partial charge in [0.15, 0.2) is 0 Å². The molecule has 17 heavy (non-hydrogen) atoms. The molecule has 0 spiro atoms. The molecule has 2 rings (SSSR count). The fourth-order valence-electron chi connectivity index (χ4n) is 1.77. The van der Waals surface area contributed by atoms with Crippen molar-refractivity contribution in [3.63, 3.8) is 0 Å². The summed E-state index contributed by atoms with van der Waals surface area (Å²) >= 11 is 0. The van der Waals surface area contributed by atoms with Crippen LogP contribution in [0.25, 0.3) is 0 Å². The lowest BCUT2D eigenvalue weighted by Crippen LogP contribution is -2.21. The molecule has 1 unspecified atom stereocenters. The predicted molar refractivity (Wildman–Crippen MR) is 62.9 cm³/mol. The van der Waals surface area contributed by atoms with Gasteiger partial charge in [-0.05, 0) is 25.2 Å². The Morgan fingerprint density at radius 1 is 1.47 bits per heavy atom. The Morgan fingerprint density at radius 2 is 2.29 bits per heavy atom. The first kappa shape index (κ1) is 11.7. The SMILES string of the molecule is CNC(Cc1ccn(C)n1)c1ncccc1F. The number of nitrogens with zero attached hydrogens (tertiary/aromatic N) is 3. The topological polar surface area (TPSA) is 42.7 Å². The number of halogens is 1. The summed E-state index contributed by atoms with van der Waals surface area (Å²) in [5, 5.41) is 7.35. The molecule has 0 saturated carbocycles. The van der Waals surface area contributed by atoms with Crippen LogP contribution in [0.3, 0.4) is 0 Å².